The van der Waals surface area contributed by atoms with Gasteiger partial charge < -0.3 is 14.7 Å². The smallest absolute Gasteiger partial charge is 0.174 e. The number of hydrogen-bond acceptors (Lipinski definition) is 4. The van der Waals surface area contributed by atoms with Crippen LogP contribution in [-0.4, -0.2) is 41.5 Å². The molecule has 0 bridgehead atoms. The van der Waals surface area contributed by atoms with Gasteiger partial charge in [0.25, 0.3) is 0 Å². The number of benzene rings is 1. The summed E-state index contributed by atoms with van der Waals surface area (Å²) in [4.78, 5) is 15.0. The molecule has 1 saturated carbocycles. The van der Waals surface area contributed by atoms with Crippen LogP contribution in [0.3, 0.4) is 0 Å². The third kappa shape index (κ3) is 1.54. The van der Waals surface area contributed by atoms with Crippen molar-refractivity contribution < 1.29 is 14.6 Å². The van der Waals surface area contributed by atoms with Crippen LogP contribution in [0.2, 0.25) is 0 Å². The first-order valence-electron chi connectivity index (χ1n) is 8.19. The zero-order valence-electron chi connectivity index (χ0n) is 13.4. The van der Waals surface area contributed by atoms with Crippen LogP contribution in [0.25, 0.3) is 0 Å². The van der Waals surface area contributed by atoms with Gasteiger partial charge in [0.1, 0.15) is 0 Å². The summed E-state index contributed by atoms with van der Waals surface area (Å²) in [5, 5.41) is 10.2. The van der Waals surface area contributed by atoms with Crippen molar-refractivity contribution in [2.24, 2.45) is 5.92 Å². The lowest BCUT2D eigenvalue weighted by molar-refractivity contribution is -0.137. The zero-order chi connectivity index (χ0) is 15.6. The summed E-state index contributed by atoms with van der Waals surface area (Å²) in [6.45, 7) is 5.28. The predicted octanol–water partition coefficient (Wildman–Crippen LogP) is 2.40. The van der Waals surface area contributed by atoms with E-state index in [0.717, 1.165) is 30.5 Å². The quantitative estimate of drug-likeness (QED) is 0.799. The number of rotatable bonds is 0. The molecule has 118 valence electrons. The summed E-state index contributed by atoms with van der Waals surface area (Å²) in [7, 11) is 2.16. The largest absolute Gasteiger partial charge is 0.504 e. The third-order valence-electron chi connectivity index (χ3n) is 6.33. The van der Waals surface area contributed by atoms with Crippen molar-refractivity contribution in [2.45, 2.75) is 50.7 Å². The first kappa shape index (κ1) is 14.1. The van der Waals surface area contributed by atoms with E-state index in [9.17, 15) is 9.90 Å². The number of ketones is 1. The number of hydrogen-bond donors (Lipinski definition) is 1. The van der Waals surface area contributed by atoms with E-state index in [4.69, 9.17) is 4.74 Å². The SMILES string of the molecule is Cc1ccc(O)c2c1C13CCN(C)C(C)C1CCC(=O)C3O2. The van der Waals surface area contributed by atoms with Crippen LogP contribution >= 0.6 is 0 Å². The van der Waals surface area contributed by atoms with Crippen molar-refractivity contribution in [3.8, 4) is 11.5 Å². The Morgan fingerprint density at radius 3 is 2.95 bits per heavy atom. The number of carbonyl (C=O) groups is 1. The van der Waals surface area contributed by atoms with Gasteiger partial charge in [0.2, 0.25) is 0 Å². The molecule has 1 N–H and O–H groups in total. The summed E-state index contributed by atoms with van der Waals surface area (Å²) < 4.78 is 6.06. The van der Waals surface area contributed by atoms with E-state index < -0.39 is 6.10 Å². The Labute approximate surface area is 131 Å². The van der Waals surface area contributed by atoms with E-state index in [2.05, 4.69) is 25.8 Å². The van der Waals surface area contributed by atoms with Gasteiger partial charge in [0.15, 0.2) is 23.4 Å². The number of ether oxygens (including phenoxy) is 1. The molecule has 0 radical (unpaired) electrons. The number of likely N-dealkylation sites (tertiary alicyclic amines) is 1. The highest BCUT2D eigenvalue weighted by molar-refractivity contribution is 5.88. The van der Waals surface area contributed by atoms with E-state index >= 15 is 0 Å². The lowest BCUT2D eigenvalue weighted by atomic mass is 9.55. The Kier molecular flexibility index (Phi) is 2.86. The molecule has 4 rings (SSSR count). The second-order valence-electron chi connectivity index (χ2n) is 7.23. The van der Waals surface area contributed by atoms with Crippen LogP contribution in [0.5, 0.6) is 11.5 Å². The lowest BCUT2D eigenvalue weighted by Crippen LogP contribution is -2.62. The van der Waals surface area contributed by atoms with Gasteiger partial charge in [-0.2, -0.15) is 0 Å². The molecule has 4 atom stereocenters. The minimum absolute atomic E-state index is 0.169. The van der Waals surface area contributed by atoms with Crippen LogP contribution in [0.1, 0.15) is 37.3 Å². The molecular formula is C18H23NO3. The molecule has 22 heavy (non-hydrogen) atoms. The first-order chi connectivity index (χ1) is 10.5. The fraction of sp³-hybridized carbons (Fsp3) is 0.611. The molecule has 2 fully saturated rings. The van der Waals surface area contributed by atoms with Crippen LogP contribution in [-0.2, 0) is 10.2 Å². The summed E-state index contributed by atoms with van der Waals surface area (Å²) in [6.07, 6.45) is 2.01. The Morgan fingerprint density at radius 2 is 2.18 bits per heavy atom. The van der Waals surface area contributed by atoms with Crippen LogP contribution in [0.15, 0.2) is 12.1 Å². The fourth-order valence-corrected chi connectivity index (χ4v) is 5.13. The van der Waals surface area contributed by atoms with Gasteiger partial charge in [-0.15, -0.1) is 0 Å². The number of piperidine rings is 1. The molecule has 1 aliphatic carbocycles. The van der Waals surface area contributed by atoms with Gasteiger partial charge in [-0.05, 0) is 57.8 Å². The molecule has 4 heteroatoms. The second kappa shape index (κ2) is 4.48. The molecule has 1 aromatic carbocycles. The standard InChI is InChI=1S/C18H23NO3/c1-10-4-6-13(20)16-15(10)18-8-9-19(3)11(2)12(18)5-7-14(21)17(18)22-16/h4,6,11-12,17,20H,5,7-9H2,1-3H3. The number of aromatic hydroxyl groups is 1. The van der Waals surface area contributed by atoms with Crippen molar-refractivity contribution in [3.63, 3.8) is 0 Å². The average Bonchev–Trinajstić information content (AvgIpc) is 2.85. The fourth-order valence-electron chi connectivity index (χ4n) is 5.13. The Morgan fingerprint density at radius 1 is 1.41 bits per heavy atom. The molecule has 2 heterocycles. The molecule has 2 aliphatic heterocycles. The van der Waals surface area contributed by atoms with Crippen molar-refractivity contribution in [1.29, 1.82) is 0 Å². The highest BCUT2D eigenvalue weighted by Gasteiger charge is 2.62. The Bertz CT molecular complexity index is 656. The summed E-state index contributed by atoms with van der Waals surface area (Å²) in [6, 6.07) is 4.05. The summed E-state index contributed by atoms with van der Waals surface area (Å²) >= 11 is 0. The Hall–Kier alpha value is -1.55. The van der Waals surface area contributed by atoms with Crippen LogP contribution < -0.4 is 4.74 Å². The average molecular weight is 301 g/mol. The molecule has 4 nitrogen and oxygen atoms in total. The normalized spacial score (nSPS) is 37.2. The van der Waals surface area contributed by atoms with Crippen LogP contribution in [0, 0.1) is 12.8 Å². The van der Waals surface area contributed by atoms with Gasteiger partial charge in [-0.25, -0.2) is 0 Å². The minimum atomic E-state index is -0.413. The van der Waals surface area contributed by atoms with Crippen LogP contribution in [0.4, 0.5) is 0 Å². The molecule has 4 unspecified atom stereocenters. The zero-order valence-corrected chi connectivity index (χ0v) is 13.4. The van der Waals surface area contributed by atoms with Crippen molar-refractivity contribution in [2.75, 3.05) is 13.6 Å². The van der Waals surface area contributed by atoms with Gasteiger partial charge in [-0.3, -0.25) is 4.79 Å². The monoisotopic (exact) mass is 301 g/mol. The van der Waals surface area contributed by atoms with Gasteiger partial charge in [0, 0.05) is 23.4 Å². The number of aryl methyl sites for hydroxylation is 1. The number of fused-ring (bicyclic) bond motifs is 1. The minimum Gasteiger partial charge on any atom is -0.504 e. The van der Waals surface area contributed by atoms with E-state index in [1.165, 1.54) is 0 Å². The van der Waals surface area contributed by atoms with Crippen molar-refractivity contribution in [1.82, 2.24) is 4.90 Å². The first-order valence-corrected chi connectivity index (χ1v) is 8.19. The number of Topliss-reactive ketones (excluding diaryl/α,β-unsaturated/α-hetero) is 1. The molecule has 1 aromatic rings. The topological polar surface area (TPSA) is 49.8 Å². The highest BCUT2D eigenvalue weighted by Crippen LogP contribution is 2.59. The third-order valence-corrected chi connectivity index (χ3v) is 6.33. The van der Waals surface area contributed by atoms with Crippen molar-refractivity contribution >= 4 is 5.78 Å². The van der Waals surface area contributed by atoms with E-state index in [1.807, 2.05) is 6.07 Å². The molecule has 1 saturated heterocycles. The van der Waals surface area contributed by atoms with Crippen molar-refractivity contribution in [3.05, 3.63) is 23.3 Å². The molecule has 3 aliphatic rings. The molecule has 0 amide bonds. The predicted molar refractivity (Wildman–Crippen MR) is 83.4 cm³/mol. The van der Waals surface area contributed by atoms with E-state index in [1.54, 1.807) is 6.07 Å². The molecule has 0 aromatic heterocycles. The lowest BCUT2D eigenvalue weighted by Gasteiger charge is -2.53. The maximum absolute atomic E-state index is 12.6. The molecular weight excluding hydrogens is 278 g/mol. The summed E-state index contributed by atoms with van der Waals surface area (Å²) in [5.74, 6) is 1.32. The number of nitrogens with zero attached hydrogens (tertiary/aromatic N) is 1. The maximum Gasteiger partial charge on any atom is 0.174 e. The van der Waals surface area contributed by atoms with E-state index in [-0.39, 0.29) is 16.9 Å². The maximum atomic E-state index is 12.6. The molecule has 1 spiro atoms. The Balaban J connectivity index is 1.96. The van der Waals surface area contributed by atoms with Gasteiger partial charge in [-0.1, -0.05) is 6.07 Å². The second-order valence-corrected chi connectivity index (χ2v) is 7.23. The number of phenolic OH excluding ortho intramolecular Hbond substituents is 1. The van der Waals surface area contributed by atoms with Gasteiger partial charge in [0.05, 0.1) is 0 Å². The van der Waals surface area contributed by atoms with E-state index in [0.29, 0.717) is 24.1 Å². The summed E-state index contributed by atoms with van der Waals surface area (Å²) in [5.41, 5.74) is 1.97. The number of carbonyl (C=O) groups excluding carboxylic acids is 1. The van der Waals surface area contributed by atoms with Gasteiger partial charge >= 0.3 is 0 Å². The number of phenols is 1. The highest BCUT2D eigenvalue weighted by atomic mass is 16.5.